The molecule has 6 heteroatoms. The maximum absolute atomic E-state index is 13.7. The minimum Gasteiger partial charge on any atom is -0.340 e. The van der Waals surface area contributed by atoms with Crippen LogP contribution in [0, 0.1) is 11.7 Å². The highest BCUT2D eigenvalue weighted by Crippen LogP contribution is 2.14. The smallest absolute Gasteiger partial charge is 0.254 e. The maximum Gasteiger partial charge on any atom is 0.254 e. The van der Waals surface area contributed by atoms with Crippen LogP contribution >= 0.6 is 0 Å². The number of amides is 2. The zero-order valence-corrected chi connectivity index (χ0v) is 12.9. The number of carbonyl (C=O) groups excluding carboxylic acids is 2. The minimum atomic E-state index is -0.683. The molecule has 0 aliphatic carbocycles. The van der Waals surface area contributed by atoms with Gasteiger partial charge in [0.1, 0.15) is 11.9 Å². The summed E-state index contributed by atoms with van der Waals surface area (Å²) < 4.78 is 13.7. The van der Waals surface area contributed by atoms with Gasteiger partial charge in [-0.15, -0.1) is 0 Å². The molecule has 1 heterocycles. The molecule has 0 bridgehead atoms. The van der Waals surface area contributed by atoms with Crippen molar-refractivity contribution in [1.82, 2.24) is 10.2 Å². The molecule has 0 radical (unpaired) electrons. The van der Waals surface area contributed by atoms with Gasteiger partial charge in [-0.1, -0.05) is 26.0 Å². The van der Waals surface area contributed by atoms with Crippen molar-refractivity contribution >= 4 is 11.8 Å². The molecule has 120 valence electrons. The Bertz CT molecular complexity index is 562. The predicted octanol–water partition coefficient (Wildman–Crippen LogP) is 1.14. The number of nitrogens with one attached hydrogen (secondary N) is 1. The third kappa shape index (κ3) is 3.62. The fraction of sp³-hybridized carbons (Fsp3) is 0.500. The van der Waals surface area contributed by atoms with Crippen LogP contribution in [0.25, 0.3) is 0 Å². The first-order valence-electron chi connectivity index (χ1n) is 7.50. The van der Waals surface area contributed by atoms with Crippen LogP contribution in [-0.4, -0.2) is 41.9 Å². The monoisotopic (exact) mass is 307 g/mol. The molecule has 2 rings (SSSR count). The lowest BCUT2D eigenvalue weighted by Crippen LogP contribution is -2.51. The second-order valence-electron chi connectivity index (χ2n) is 6.01. The van der Waals surface area contributed by atoms with Gasteiger partial charge in [0, 0.05) is 19.1 Å². The first kappa shape index (κ1) is 16.4. The fourth-order valence-corrected chi connectivity index (χ4v) is 2.56. The molecular formula is C16H22FN3O2. The molecule has 1 saturated heterocycles. The molecule has 0 spiro atoms. The minimum absolute atomic E-state index is 0.0148. The van der Waals surface area contributed by atoms with E-state index in [1.54, 1.807) is 11.0 Å². The zero-order valence-electron chi connectivity index (χ0n) is 12.9. The second-order valence-corrected chi connectivity index (χ2v) is 6.01. The standard InChI is InChI=1S/C16H22FN3O2/c1-10(2)14(16(22)20-8-7-11(18)9-20)19-15(21)12-5-3-4-6-13(12)17/h3-6,10-11,14H,7-9,18H2,1-2H3,(H,19,21)/t11-,14?/m1/s1. The Kier molecular flexibility index (Phi) is 5.13. The summed E-state index contributed by atoms with van der Waals surface area (Å²) in [4.78, 5) is 26.4. The molecule has 22 heavy (non-hydrogen) atoms. The average Bonchev–Trinajstić information content (AvgIpc) is 2.90. The van der Waals surface area contributed by atoms with Crippen molar-refractivity contribution in [3.63, 3.8) is 0 Å². The van der Waals surface area contributed by atoms with E-state index in [-0.39, 0.29) is 23.4 Å². The summed E-state index contributed by atoms with van der Waals surface area (Å²) >= 11 is 0. The molecule has 2 atom stereocenters. The lowest BCUT2D eigenvalue weighted by molar-refractivity contribution is -0.133. The van der Waals surface area contributed by atoms with E-state index in [0.29, 0.717) is 13.1 Å². The van der Waals surface area contributed by atoms with Crippen molar-refractivity contribution in [3.8, 4) is 0 Å². The first-order valence-corrected chi connectivity index (χ1v) is 7.50. The quantitative estimate of drug-likeness (QED) is 0.876. The molecule has 1 aromatic rings. The average molecular weight is 307 g/mol. The van der Waals surface area contributed by atoms with Crippen LogP contribution in [0.3, 0.4) is 0 Å². The van der Waals surface area contributed by atoms with Gasteiger partial charge in [0.2, 0.25) is 5.91 Å². The van der Waals surface area contributed by atoms with Crippen LogP contribution in [-0.2, 0) is 4.79 Å². The Morgan fingerprint density at radius 3 is 2.59 bits per heavy atom. The number of nitrogens with zero attached hydrogens (tertiary/aromatic N) is 1. The summed E-state index contributed by atoms with van der Waals surface area (Å²) in [5, 5.41) is 2.65. The Morgan fingerprint density at radius 1 is 1.36 bits per heavy atom. The van der Waals surface area contributed by atoms with E-state index in [4.69, 9.17) is 5.73 Å². The van der Waals surface area contributed by atoms with Gasteiger partial charge >= 0.3 is 0 Å². The highest BCUT2D eigenvalue weighted by atomic mass is 19.1. The lowest BCUT2D eigenvalue weighted by Gasteiger charge is -2.27. The number of rotatable bonds is 4. The third-order valence-corrected chi connectivity index (χ3v) is 3.87. The second kappa shape index (κ2) is 6.87. The number of hydrogen-bond acceptors (Lipinski definition) is 3. The van der Waals surface area contributed by atoms with Crippen molar-refractivity contribution in [1.29, 1.82) is 0 Å². The van der Waals surface area contributed by atoms with Gasteiger partial charge in [-0.25, -0.2) is 4.39 Å². The molecule has 1 unspecified atom stereocenters. The Balaban J connectivity index is 2.10. The number of halogens is 1. The van der Waals surface area contributed by atoms with E-state index in [1.807, 2.05) is 13.8 Å². The van der Waals surface area contributed by atoms with E-state index in [9.17, 15) is 14.0 Å². The molecule has 2 amide bonds. The van der Waals surface area contributed by atoms with E-state index in [1.165, 1.54) is 18.2 Å². The number of nitrogens with two attached hydrogens (primary N) is 1. The predicted molar refractivity (Wildman–Crippen MR) is 81.7 cm³/mol. The molecule has 3 N–H and O–H groups in total. The molecule has 1 aromatic carbocycles. The summed E-state index contributed by atoms with van der Waals surface area (Å²) in [5.41, 5.74) is 5.76. The molecule has 5 nitrogen and oxygen atoms in total. The van der Waals surface area contributed by atoms with Gasteiger partial charge in [-0.2, -0.15) is 0 Å². The summed E-state index contributed by atoms with van der Waals surface area (Å²) in [5.74, 6) is -1.43. The lowest BCUT2D eigenvalue weighted by atomic mass is 10.0. The Labute approximate surface area is 129 Å². The van der Waals surface area contributed by atoms with Crippen LogP contribution in [0.2, 0.25) is 0 Å². The van der Waals surface area contributed by atoms with Crippen LogP contribution in [0.15, 0.2) is 24.3 Å². The van der Waals surface area contributed by atoms with Crippen molar-refractivity contribution in [2.24, 2.45) is 11.7 Å². The Hall–Kier alpha value is -1.95. The third-order valence-electron chi connectivity index (χ3n) is 3.87. The number of carbonyl (C=O) groups is 2. The van der Waals surface area contributed by atoms with Gasteiger partial charge in [-0.05, 0) is 24.5 Å². The molecule has 1 fully saturated rings. The topological polar surface area (TPSA) is 75.4 Å². The van der Waals surface area contributed by atoms with Crippen LogP contribution in [0.1, 0.15) is 30.6 Å². The van der Waals surface area contributed by atoms with Gasteiger partial charge in [0.15, 0.2) is 0 Å². The summed E-state index contributed by atoms with van der Waals surface area (Å²) in [6.45, 7) is 4.79. The normalized spacial score (nSPS) is 19.3. The highest BCUT2D eigenvalue weighted by molar-refractivity contribution is 5.97. The number of benzene rings is 1. The maximum atomic E-state index is 13.7. The van der Waals surface area contributed by atoms with Crippen molar-refractivity contribution in [2.45, 2.75) is 32.4 Å². The Morgan fingerprint density at radius 2 is 2.05 bits per heavy atom. The van der Waals surface area contributed by atoms with Gasteiger partial charge in [0.05, 0.1) is 5.56 Å². The molecule has 1 aliphatic rings. The van der Waals surface area contributed by atoms with Gasteiger partial charge in [-0.3, -0.25) is 9.59 Å². The molecule has 1 aliphatic heterocycles. The number of likely N-dealkylation sites (tertiary alicyclic amines) is 1. The first-order chi connectivity index (χ1) is 10.4. The SMILES string of the molecule is CC(C)C(NC(=O)c1ccccc1F)C(=O)N1CC[C@@H](N)C1. The van der Waals surface area contributed by atoms with Crippen LogP contribution in [0.5, 0.6) is 0 Å². The summed E-state index contributed by atoms with van der Waals surface area (Å²) in [6, 6.07) is 5.03. The van der Waals surface area contributed by atoms with Gasteiger partial charge < -0.3 is 16.0 Å². The van der Waals surface area contributed by atoms with E-state index in [2.05, 4.69) is 5.32 Å². The molecule has 0 saturated carbocycles. The van der Waals surface area contributed by atoms with E-state index < -0.39 is 17.8 Å². The largest absolute Gasteiger partial charge is 0.340 e. The highest BCUT2D eigenvalue weighted by Gasteiger charge is 2.32. The molecular weight excluding hydrogens is 285 g/mol. The van der Waals surface area contributed by atoms with Crippen molar-refractivity contribution in [2.75, 3.05) is 13.1 Å². The summed E-state index contributed by atoms with van der Waals surface area (Å²) in [7, 11) is 0. The van der Waals surface area contributed by atoms with Crippen LogP contribution in [0.4, 0.5) is 4.39 Å². The van der Waals surface area contributed by atoms with Crippen molar-refractivity contribution in [3.05, 3.63) is 35.6 Å². The van der Waals surface area contributed by atoms with Crippen molar-refractivity contribution < 1.29 is 14.0 Å². The van der Waals surface area contributed by atoms with Crippen LogP contribution < -0.4 is 11.1 Å². The van der Waals surface area contributed by atoms with E-state index >= 15 is 0 Å². The van der Waals surface area contributed by atoms with E-state index in [0.717, 1.165) is 6.42 Å². The zero-order chi connectivity index (χ0) is 16.3. The summed E-state index contributed by atoms with van der Waals surface area (Å²) in [6.07, 6.45) is 0.762. The molecule has 0 aromatic heterocycles. The number of hydrogen-bond donors (Lipinski definition) is 2. The fourth-order valence-electron chi connectivity index (χ4n) is 2.56. The van der Waals surface area contributed by atoms with Gasteiger partial charge in [0.25, 0.3) is 5.91 Å².